The lowest BCUT2D eigenvalue weighted by atomic mass is 10.2. The number of hydrogen-bond donors (Lipinski definition) is 1. The zero-order valence-electron chi connectivity index (χ0n) is 11.3. The smallest absolute Gasteiger partial charge is 0.299 e. The lowest BCUT2D eigenvalue weighted by Gasteiger charge is -2.11. The number of nitro groups is 2. The molecule has 9 heteroatoms. The number of nitrogens with one attached hydrogen (secondary N) is 1. The molecule has 0 aliphatic rings. The molecule has 0 saturated heterocycles. The van der Waals surface area contributed by atoms with Crippen molar-refractivity contribution in [3.63, 3.8) is 0 Å². The summed E-state index contributed by atoms with van der Waals surface area (Å²) in [6.45, 7) is 0. The van der Waals surface area contributed by atoms with Crippen LogP contribution in [0.15, 0.2) is 36.4 Å². The molecule has 0 amide bonds. The van der Waals surface area contributed by atoms with E-state index in [0.717, 1.165) is 6.07 Å². The Labute approximate surface area is 129 Å². The summed E-state index contributed by atoms with van der Waals surface area (Å²) in [5.74, 6) is 0.428. The average molecular weight is 324 g/mol. The van der Waals surface area contributed by atoms with Gasteiger partial charge in [-0.2, -0.15) is 0 Å². The molecular formula is C13H10ClN3O5. The van der Waals surface area contributed by atoms with E-state index < -0.39 is 15.5 Å². The van der Waals surface area contributed by atoms with Gasteiger partial charge in [0, 0.05) is 11.1 Å². The topological polar surface area (TPSA) is 108 Å². The molecule has 1 N–H and O–H groups in total. The van der Waals surface area contributed by atoms with Gasteiger partial charge in [-0.05, 0) is 24.3 Å². The Balaban J connectivity index is 2.47. The Morgan fingerprint density at radius 2 is 1.77 bits per heavy atom. The number of nitro benzene ring substituents is 2. The van der Waals surface area contributed by atoms with Crippen LogP contribution in [-0.2, 0) is 0 Å². The van der Waals surface area contributed by atoms with Gasteiger partial charge in [-0.3, -0.25) is 20.2 Å². The Morgan fingerprint density at radius 3 is 2.36 bits per heavy atom. The molecule has 2 rings (SSSR count). The molecule has 0 atom stereocenters. The number of halogens is 1. The third-order valence-electron chi connectivity index (χ3n) is 2.82. The lowest BCUT2D eigenvalue weighted by molar-refractivity contribution is -0.393. The normalized spacial score (nSPS) is 10.1. The van der Waals surface area contributed by atoms with Gasteiger partial charge in [0.2, 0.25) is 0 Å². The maximum absolute atomic E-state index is 11.1. The molecule has 22 heavy (non-hydrogen) atoms. The van der Waals surface area contributed by atoms with Gasteiger partial charge in [0.15, 0.2) is 0 Å². The Morgan fingerprint density at radius 1 is 1.05 bits per heavy atom. The van der Waals surface area contributed by atoms with Crippen LogP contribution >= 0.6 is 11.6 Å². The van der Waals surface area contributed by atoms with Crippen LogP contribution in [0.4, 0.5) is 22.7 Å². The van der Waals surface area contributed by atoms with Crippen LogP contribution in [0.25, 0.3) is 0 Å². The summed E-state index contributed by atoms with van der Waals surface area (Å²) in [5, 5.41) is 25.0. The van der Waals surface area contributed by atoms with Crippen LogP contribution in [0.1, 0.15) is 0 Å². The number of nitrogens with zero attached hydrogens (tertiary/aromatic N) is 2. The predicted octanol–water partition coefficient (Wildman–Crippen LogP) is 3.91. The second kappa shape index (κ2) is 6.27. The molecule has 0 aliphatic carbocycles. The minimum absolute atomic E-state index is 0.0937. The molecule has 0 heterocycles. The number of methoxy groups -OCH3 is 1. The van der Waals surface area contributed by atoms with Crippen molar-refractivity contribution < 1.29 is 14.6 Å². The van der Waals surface area contributed by atoms with E-state index in [1.807, 2.05) is 0 Å². The van der Waals surface area contributed by atoms with Crippen molar-refractivity contribution in [1.29, 1.82) is 0 Å². The van der Waals surface area contributed by atoms with Crippen molar-refractivity contribution in [2.75, 3.05) is 12.4 Å². The first kappa shape index (κ1) is 15.5. The van der Waals surface area contributed by atoms with Gasteiger partial charge in [-0.25, -0.2) is 0 Å². The molecule has 2 aromatic carbocycles. The van der Waals surface area contributed by atoms with Gasteiger partial charge in [0.1, 0.15) is 11.4 Å². The number of benzene rings is 2. The molecule has 0 aliphatic heterocycles. The quantitative estimate of drug-likeness (QED) is 0.660. The van der Waals surface area contributed by atoms with Gasteiger partial charge in [0.25, 0.3) is 11.4 Å². The summed E-state index contributed by atoms with van der Waals surface area (Å²) in [5.41, 5.74) is -0.283. The van der Waals surface area contributed by atoms with Crippen LogP contribution in [-0.4, -0.2) is 17.0 Å². The minimum atomic E-state index is -0.702. The van der Waals surface area contributed by atoms with Gasteiger partial charge in [0.05, 0.1) is 28.7 Å². The molecule has 0 unspecified atom stereocenters. The highest BCUT2D eigenvalue weighted by atomic mass is 35.5. The summed E-state index contributed by atoms with van der Waals surface area (Å²) in [4.78, 5) is 20.4. The highest BCUT2D eigenvalue weighted by Gasteiger charge is 2.20. The van der Waals surface area contributed by atoms with Crippen molar-refractivity contribution in [2.45, 2.75) is 0 Å². The second-order valence-corrected chi connectivity index (χ2v) is 4.62. The fourth-order valence-corrected chi connectivity index (χ4v) is 1.99. The molecule has 0 saturated carbocycles. The van der Waals surface area contributed by atoms with Crippen LogP contribution < -0.4 is 10.1 Å². The molecule has 8 nitrogen and oxygen atoms in total. The van der Waals surface area contributed by atoms with Crippen molar-refractivity contribution in [3.8, 4) is 5.75 Å². The van der Waals surface area contributed by atoms with Crippen LogP contribution in [0.2, 0.25) is 5.02 Å². The van der Waals surface area contributed by atoms with E-state index in [0.29, 0.717) is 16.5 Å². The maximum atomic E-state index is 11.1. The van der Waals surface area contributed by atoms with Gasteiger partial charge >= 0.3 is 0 Å². The second-order valence-electron chi connectivity index (χ2n) is 4.19. The highest BCUT2D eigenvalue weighted by Crippen LogP contribution is 2.35. The predicted molar refractivity (Wildman–Crippen MR) is 81.0 cm³/mol. The summed E-state index contributed by atoms with van der Waals surface area (Å²) < 4.78 is 5.14. The standard InChI is InChI=1S/C13H10ClN3O5/c1-22-13-5-2-8(14)6-11(13)15-10-4-3-9(16(18)19)7-12(10)17(20)21/h2-7,15H,1H3. The van der Waals surface area contributed by atoms with Crippen molar-refractivity contribution in [3.05, 3.63) is 61.6 Å². The van der Waals surface area contributed by atoms with Crippen molar-refractivity contribution >= 4 is 34.4 Å². The van der Waals surface area contributed by atoms with Crippen molar-refractivity contribution in [1.82, 2.24) is 0 Å². The zero-order chi connectivity index (χ0) is 16.3. The summed E-state index contributed by atoms with van der Waals surface area (Å²) in [6.07, 6.45) is 0. The SMILES string of the molecule is COc1ccc(Cl)cc1Nc1ccc([N+](=O)[O-])cc1[N+](=O)[O-]. The lowest BCUT2D eigenvalue weighted by Crippen LogP contribution is -2.00. The Hall–Kier alpha value is -2.87. The third kappa shape index (κ3) is 3.23. The van der Waals surface area contributed by atoms with Crippen LogP contribution in [0, 0.1) is 20.2 Å². The number of hydrogen-bond acceptors (Lipinski definition) is 6. The number of ether oxygens (including phenoxy) is 1. The van der Waals surface area contributed by atoms with E-state index in [1.54, 1.807) is 12.1 Å². The average Bonchev–Trinajstić information content (AvgIpc) is 2.47. The molecule has 0 aromatic heterocycles. The van der Waals surface area contributed by atoms with E-state index >= 15 is 0 Å². The van der Waals surface area contributed by atoms with E-state index in [4.69, 9.17) is 16.3 Å². The number of anilines is 2. The largest absolute Gasteiger partial charge is 0.495 e. The monoisotopic (exact) mass is 323 g/mol. The number of rotatable bonds is 5. The first-order valence-electron chi connectivity index (χ1n) is 5.95. The maximum Gasteiger partial charge on any atom is 0.299 e. The summed E-state index contributed by atoms with van der Waals surface area (Å²) in [6, 6.07) is 8.06. The summed E-state index contributed by atoms with van der Waals surface area (Å²) in [7, 11) is 1.44. The molecule has 0 spiro atoms. The van der Waals surface area contributed by atoms with E-state index in [2.05, 4.69) is 5.32 Å². The first-order valence-corrected chi connectivity index (χ1v) is 6.33. The molecule has 114 valence electrons. The van der Waals surface area contributed by atoms with Gasteiger partial charge in [-0.1, -0.05) is 11.6 Å². The van der Waals surface area contributed by atoms with Crippen LogP contribution in [0.5, 0.6) is 5.75 Å². The molecule has 0 bridgehead atoms. The van der Waals surface area contributed by atoms with Gasteiger partial charge < -0.3 is 10.1 Å². The van der Waals surface area contributed by atoms with Crippen LogP contribution in [0.3, 0.4) is 0 Å². The first-order chi connectivity index (χ1) is 10.4. The van der Waals surface area contributed by atoms with Gasteiger partial charge in [-0.15, -0.1) is 0 Å². The molecule has 0 radical (unpaired) electrons. The highest BCUT2D eigenvalue weighted by molar-refractivity contribution is 6.31. The minimum Gasteiger partial charge on any atom is -0.495 e. The Kier molecular flexibility index (Phi) is 4.42. The molecular weight excluding hydrogens is 314 g/mol. The number of non-ortho nitro benzene ring substituents is 1. The molecule has 0 fully saturated rings. The van der Waals surface area contributed by atoms with E-state index in [-0.39, 0.29) is 11.4 Å². The van der Waals surface area contributed by atoms with E-state index in [9.17, 15) is 20.2 Å². The fraction of sp³-hybridized carbons (Fsp3) is 0.0769. The third-order valence-corrected chi connectivity index (χ3v) is 3.05. The summed E-state index contributed by atoms with van der Waals surface area (Å²) >= 11 is 5.89. The van der Waals surface area contributed by atoms with E-state index in [1.165, 1.54) is 25.3 Å². The fourth-order valence-electron chi connectivity index (χ4n) is 1.81. The zero-order valence-corrected chi connectivity index (χ0v) is 12.0. The van der Waals surface area contributed by atoms with Crippen molar-refractivity contribution in [2.24, 2.45) is 0 Å². The molecule has 2 aromatic rings. The Bertz CT molecular complexity index is 750.